The lowest BCUT2D eigenvalue weighted by Crippen LogP contribution is -2.13. The molecule has 2 rings (SSSR count). The molecule has 0 saturated carbocycles. The average molecular weight is 272 g/mol. The van der Waals surface area contributed by atoms with Crippen LogP contribution < -0.4 is 5.90 Å². The summed E-state index contributed by atoms with van der Waals surface area (Å²) in [7, 11) is 0. The molecule has 0 aliphatic rings. The first kappa shape index (κ1) is 13.9. The molecule has 0 bridgehead atoms. The van der Waals surface area contributed by atoms with Crippen LogP contribution in [0.25, 0.3) is 10.9 Å². The quantitative estimate of drug-likeness (QED) is 0.867. The zero-order chi connectivity index (χ0) is 14.2. The number of aromatic nitrogens is 1. The second-order valence-electron chi connectivity index (χ2n) is 4.65. The van der Waals surface area contributed by atoms with Gasteiger partial charge in [-0.05, 0) is 26.0 Å². The van der Waals surface area contributed by atoms with Crippen LogP contribution in [-0.2, 0) is 17.6 Å². The van der Waals surface area contributed by atoms with E-state index in [1.165, 1.54) is 6.07 Å². The summed E-state index contributed by atoms with van der Waals surface area (Å²) in [6.07, 6.45) is -4.38. The van der Waals surface area contributed by atoms with E-state index in [9.17, 15) is 13.2 Å². The van der Waals surface area contributed by atoms with Crippen molar-refractivity contribution in [3.05, 3.63) is 35.5 Å². The molecule has 19 heavy (non-hydrogen) atoms. The zero-order valence-corrected chi connectivity index (χ0v) is 10.7. The van der Waals surface area contributed by atoms with E-state index in [1.807, 2.05) is 13.8 Å². The van der Waals surface area contributed by atoms with Crippen LogP contribution in [0.1, 0.15) is 31.1 Å². The van der Waals surface area contributed by atoms with Crippen LogP contribution in [0, 0.1) is 0 Å². The molecule has 0 atom stereocenters. The number of fused-ring (bicyclic) bond motifs is 1. The number of para-hydroxylation sites is 1. The van der Waals surface area contributed by atoms with Crippen LogP contribution >= 0.6 is 0 Å². The number of nitrogens with two attached hydrogens (primary N) is 1. The smallest absolute Gasteiger partial charge is 0.339 e. The van der Waals surface area contributed by atoms with Crippen molar-refractivity contribution in [3.63, 3.8) is 0 Å². The molecule has 0 saturated heterocycles. The Labute approximate surface area is 108 Å². The third kappa shape index (κ3) is 2.46. The lowest BCUT2D eigenvalue weighted by Gasteiger charge is -2.17. The summed E-state index contributed by atoms with van der Waals surface area (Å²) in [5, 5.41) is 0.538. The van der Waals surface area contributed by atoms with Gasteiger partial charge in [-0.3, -0.25) is 4.84 Å². The summed E-state index contributed by atoms with van der Waals surface area (Å²) in [4.78, 5) is 4.57. The van der Waals surface area contributed by atoms with Crippen LogP contribution in [-0.4, -0.2) is 4.57 Å². The SMILES string of the molecule is CC(C)n1c(CON)cc2cccc(C(F)(F)F)c21. The Hall–Kier alpha value is -1.53. The Morgan fingerprint density at radius 1 is 1.32 bits per heavy atom. The van der Waals surface area contributed by atoms with E-state index in [1.54, 1.807) is 16.7 Å². The van der Waals surface area contributed by atoms with Crippen LogP contribution in [0.4, 0.5) is 13.2 Å². The maximum absolute atomic E-state index is 13.1. The lowest BCUT2D eigenvalue weighted by molar-refractivity contribution is -0.136. The van der Waals surface area contributed by atoms with Gasteiger partial charge < -0.3 is 4.57 Å². The minimum absolute atomic E-state index is 0.0736. The van der Waals surface area contributed by atoms with E-state index in [-0.39, 0.29) is 18.2 Å². The maximum atomic E-state index is 13.1. The van der Waals surface area contributed by atoms with Gasteiger partial charge in [0.05, 0.1) is 11.1 Å². The molecule has 0 aliphatic carbocycles. The lowest BCUT2D eigenvalue weighted by atomic mass is 10.1. The standard InChI is InChI=1S/C13H15F3N2O/c1-8(2)18-10(7-19-17)6-9-4-3-5-11(12(9)18)13(14,15)16/h3-6,8H,7,17H2,1-2H3. The predicted molar refractivity (Wildman–Crippen MR) is 66.3 cm³/mol. The van der Waals surface area contributed by atoms with Crippen LogP contribution in [0.15, 0.2) is 24.3 Å². The average Bonchev–Trinajstić information content (AvgIpc) is 2.65. The second kappa shape index (κ2) is 4.86. The molecule has 104 valence electrons. The Balaban J connectivity index is 2.79. The maximum Gasteiger partial charge on any atom is 0.418 e. The fourth-order valence-corrected chi connectivity index (χ4v) is 2.35. The number of rotatable bonds is 3. The minimum Gasteiger partial charge on any atom is -0.339 e. The number of nitrogens with zero attached hydrogens (tertiary/aromatic N) is 1. The molecule has 0 aliphatic heterocycles. The summed E-state index contributed by atoms with van der Waals surface area (Å²) in [6.45, 7) is 3.73. The molecule has 3 nitrogen and oxygen atoms in total. The van der Waals surface area contributed by atoms with Crippen molar-refractivity contribution in [1.82, 2.24) is 4.57 Å². The number of benzene rings is 1. The Morgan fingerprint density at radius 3 is 2.53 bits per heavy atom. The van der Waals surface area contributed by atoms with Gasteiger partial charge in [-0.25, -0.2) is 5.90 Å². The Morgan fingerprint density at radius 2 is 2.00 bits per heavy atom. The van der Waals surface area contributed by atoms with Gasteiger partial charge in [0.25, 0.3) is 0 Å². The monoisotopic (exact) mass is 272 g/mol. The summed E-state index contributed by atoms with van der Waals surface area (Å²) in [5.41, 5.74) is 0.170. The third-order valence-corrected chi connectivity index (χ3v) is 2.99. The fraction of sp³-hybridized carbons (Fsp3) is 0.385. The molecular weight excluding hydrogens is 257 g/mol. The zero-order valence-electron chi connectivity index (χ0n) is 10.7. The summed E-state index contributed by atoms with van der Waals surface area (Å²) < 4.78 is 40.9. The van der Waals surface area contributed by atoms with E-state index in [0.29, 0.717) is 11.1 Å². The van der Waals surface area contributed by atoms with E-state index < -0.39 is 11.7 Å². The highest BCUT2D eigenvalue weighted by Gasteiger charge is 2.34. The molecule has 0 unspecified atom stereocenters. The number of hydrogen-bond acceptors (Lipinski definition) is 2. The van der Waals surface area contributed by atoms with Gasteiger partial charge in [-0.1, -0.05) is 12.1 Å². The Kier molecular flexibility index (Phi) is 3.56. The first-order chi connectivity index (χ1) is 8.86. The third-order valence-electron chi connectivity index (χ3n) is 2.99. The van der Waals surface area contributed by atoms with Gasteiger partial charge in [-0.2, -0.15) is 13.2 Å². The number of alkyl halides is 3. The highest BCUT2D eigenvalue weighted by molar-refractivity contribution is 5.85. The van der Waals surface area contributed by atoms with Crippen molar-refractivity contribution >= 4 is 10.9 Å². The highest BCUT2D eigenvalue weighted by atomic mass is 19.4. The van der Waals surface area contributed by atoms with Gasteiger partial charge in [0.15, 0.2) is 0 Å². The molecule has 2 N–H and O–H groups in total. The van der Waals surface area contributed by atoms with Crippen molar-refractivity contribution in [2.45, 2.75) is 32.7 Å². The number of hydrogen-bond donors (Lipinski definition) is 1. The van der Waals surface area contributed by atoms with Gasteiger partial charge in [0, 0.05) is 17.1 Å². The predicted octanol–water partition coefficient (Wildman–Crippen LogP) is 3.63. The normalized spacial score (nSPS) is 12.6. The van der Waals surface area contributed by atoms with Gasteiger partial charge in [-0.15, -0.1) is 0 Å². The number of halogens is 3. The van der Waals surface area contributed by atoms with Crippen molar-refractivity contribution in [2.24, 2.45) is 5.90 Å². The molecule has 0 spiro atoms. The highest BCUT2D eigenvalue weighted by Crippen LogP contribution is 2.37. The van der Waals surface area contributed by atoms with E-state index in [2.05, 4.69) is 4.84 Å². The summed E-state index contributed by atoms with van der Waals surface area (Å²) in [5.74, 6) is 5.04. The van der Waals surface area contributed by atoms with Crippen molar-refractivity contribution in [1.29, 1.82) is 0 Å². The first-order valence-corrected chi connectivity index (χ1v) is 5.88. The van der Waals surface area contributed by atoms with Gasteiger partial charge in [0.2, 0.25) is 0 Å². The molecule has 0 radical (unpaired) electrons. The van der Waals surface area contributed by atoms with Gasteiger partial charge >= 0.3 is 6.18 Å². The van der Waals surface area contributed by atoms with Crippen molar-refractivity contribution in [3.8, 4) is 0 Å². The molecule has 0 amide bonds. The van der Waals surface area contributed by atoms with E-state index >= 15 is 0 Å². The fourth-order valence-electron chi connectivity index (χ4n) is 2.35. The van der Waals surface area contributed by atoms with E-state index in [0.717, 1.165) is 6.07 Å². The van der Waals surface area contributed by atoms with Crippen LogP contribution in [0.5, 0.6) is 0 Å². The molecule has 1 aromatic heterocycles. The molecule has 1 aromatic carbocycles. The molecule has 6 heteroatoms. The van der Waals surface area contributed by atoms with Crippen LogP contribution in [0.2, 0.25) is 0 Å². The summed E-state index contributed by atoms with van der Waals surface area (Å²) in [6, 6.07) is 5.71. The molecule has 1 heterocycles. The minimum atomic E-state index is -4.38. The van der Waals surface area contributed by atoms with Crippen molar-refractivity contribution in [2.75, 3.05) is 0 Å². The van der Waals surface area contributed by atoms with Crippen molar-refractivity contribution < 1.29 is 18.0 Å². The second-order valence-corrected chi connectivity index (χ2v) is 4.65. The van der Waals surface area contributed by atoms with Gasteiger partial charge in [0.1, 0.15) is 6.61 Å². The Bertz CT molecular complexity index is 587. The topological polar surface area (TPSA) is 40.2 Å². The van der Waals surface area contributed by atoms with Crippen LogP contribution in [0.3, 0.4) is 0 Å². The molecular formula is C13H15F3N2O. The molecule has 2 aromatic rings. The molecule has 0 fully saturated rings. The first-order valence-electron chi connectivity index (χ1n) is 5.88. The largest absolute Gasteiger partial charge is 0.418 e. The van der Waals surface area contributed by atoms with E-state index in [4.69, 9.17) is 5.90 Å². The summed E-state index contributed by atoms with van der Waals surface area (Å²) >= 11 is 0.